The maximum Gasteiger partial charge on any atom is 0.251 e. The largest absolute Gasteiger partial charge is 0.441 e. The molecule has 0 unspecified atom stereocenters. The van der Waals surface area contributed by atoms with Gasteiger partial charge < -0.3 is 9.73 Å². The number of oxazole rings is 1. The van der Waals surface area contributed by atoms with Crippen LogP contribution in [0.25, 0.3) is 11.5 Å². The van der Waals surface area contributed by atoms with Gasteiger partial charge in [0.15, 0.2) is 0 Å². The second-order valence-electron chi connectivity index (χ2n) is 6.33. The number of amides is 1. The normalized spacial score (nSPS) is 10.9. The van der Waals surface area contributed by atoms with Crippen LogP contribution >= 0.6 is 11.8 Å². The van der Waals surface area contributed by atoms with Crippen molar-refractivity contribution < 1.29 is 9.21 Å². The fraction of sp³-hybridized carbons (Fsp3) is 0.238. The number of aromatic nitrogens is 1. The summed E-state index contributed by atoms with van der Waals surface area (Å²) in [6.07, 6.45) is 0. The zero-order valence-electron chi connectivity index (χ0n) is 15.2. The third-order valence-electron chi connectivity index (χ3n) is 3.83. The Morgan fingerprint density at radius 1 is 1.12 bits per heavy atom. The first-order valence-corrected chi connectivity index (χ1v) is 9.57. The fourth-order valence-electron chi connectivity index (χ4n) is 2.46. The fourth-order valence-corrected chi connectivity index (χ4v) is 3.38. The molecule has 1 aromatic heterocycles. The highest BCUT2D eigenvalue weighted by molar-refractivity contribution is 7.98. The molecule has 1 amide bonds. The Balaban J connectivity index is 1.71. The average Bonchev–Trinajstić information content (AvgIpc) is 3.01. The smallest absolute Gasteiger partial charge is 0.251 e. The molecule has 1 N–H and O–H groups in total. The summed E-state index contributed by atoms with van der Waals surface area (Å²) in [5.41, 5.74) is 2.44. The highest BCUT2D eigenvalue weighted by Crippen LogP contribution is 2.27. The second-order valence-corrected chi connectivity index (χ2v) is 7.38. The van der Waals surface area contributed by atoms with Gasteiger partial charge in [-0.1, -0.05) is 18.2 Å². The van der Waals surface area contributed by atoms with E-state index in [1.165, 1.54) is 4.90 Å². The van der Waals surface area contributed by atoms with Gasteiger partial charge in [0.1, 0.15) is 5.76 Å². The lowest BCUT2D eigenvalue weighted by Gasteiger charge is -2.08. The van der Waals surface area contributed by atoms with Gasteiger partial charge in [-0.05, 0) is 57.2 Å². The molecule has 0 fully saturated rings. The van der Waals surface area contributed by atoms with E-state index in [2.05, 4.69) is 22.4 Å². The molecule has 0 atom stereocenters. The van der Waals surface area contributed by atoms with E-state index < -0.39 is 0 Å². The maximum absolute atomic E-state index is 12.0. The Morgan fingerprint density at radius 2 is 1.81 bits per heavy atom. The van der Waals surface area contributed by atoms with E-state index >= 15 is 0 Å². The van der Waals surface area contributed by atoms with E-state index in [9.17, 15) is 4.79 Å². The molecule has 0 saturated heterocycles. The van der Waals surface area contributed by atoms with Crippen molar-refractivity contribution in [1.29, 1.82) is 0 Å². The van der Waals surface area contributed by atoms with Gasteiger partial charge >= 0.3 is 0 Å². The van der Waals surface area contributed by atoms with Crippen molar-refractivity contribution in [3.63, 3.8) is 0 Å². The lowest BCUT2D eigenvalue weighted by molar-refractivity contribution is 0.0943. The monoisotopic (exact) mass is 366 g/mol. The minimum Gasteiger partial charge on any atom is -0.441 e. The topological polar surface area (TPSA) is 55.1 Å². The number of carbonyl (C=O) groups excluding carboxylic acids is 1. The second kappa shape index (κ2) is 8.23. The summed E-state index contributed by atoms with van der Waals surface area (Å²) < 4.78 is 5.83. The van der Waals surface area contributed by atoms with Crippen LogP contribution in [0.15, 0.2) is 63.9 Å². The number of aryl methyl sites for hydroxylation is 1. The van der Waals surface area contributed by atoms with Gasteiger partial charge in [0.25, 0.3) is 5.91 Å². The number of nitrogens with zero attached hydrogens (tertiary/aromatic N) is 1. The van der Waals surface area contributed by atoms with Gasteiger partial charge in [-0.25, -0.2) is 4.98 Å². The summed E-state index contributed by atoms with van der Waals surface area (Å²) in [5, 5.41) is 2.88. The minimum atomic E-state index is -0.0740. The van der Waals surface area contributed by atoms with Crippen molar-refractivity contribution in [2.24, 2.45) is 0 Å². The van der Waals surface area contributed by atoms with Crippen LogP contribution in [0.2, 0.25) is 0 Å². The van der Waals surface area contributed by atoms with Gasteiger partial charge in [-0.3, -0.25) is 4.79 Å². The summed E-state index contributed by atoms with van der Waals surface area (Å²) >= 11 is 1.73. The molecule has 0 bridgehead atoms. The zero-order valence-corrected chi connectivity index (χ0v) is 16.0. The zero-order chi connectivity index (χ0) is 18.5. The van der Waals surface area contributed by atoms with Crippen molar-refractivity contribution >= 4 is 17.7 Å². The molecule has 26 heavy (non-hydrogen) atoms. The minimum absolute atomic E-state index is 0.0740. The molecule has 1 heterocycles. The van der Waals surface area contributed by atoms with Crippen molar-refractivity contribution in [3.05, 3.63) is 71.6 Å². The molecular formula is C21H22N2O2S. The Hall–Kier alpha value is -2.53. The van der Waals surface area contributed by atoms with Gasteiger partial charge in [0, 0.05) is 27.8 Å². The summed E-state index contributed by atoms with van der Waals surface area (Å²) in [6.45, 7) is 5.81. The highest BCUT2D eigenvalue weighted by atomic mass is 32.2. The van der Waals surface area contributed by atoms with Crippen molar-refractivity contribution in [2.75, 3.05) is 0 Å². The first kappa shape index (κ1) is 18.3. The molecule has 5 heteroatoms. The molecule has 0 aliphatic rings. The molecule has 0 aliphatic heterocycles. The van der Waals surface area contributed by atoms with Crippen LogP contribution in [-0.2, 0) is 5.75 Å². The first-order chi connectivity index (χ1) is 12.5. The van der Waals surface area contributed by atoms with Crippen LogP contribution in [0.4, 0.5) is 0 Å². The summed E-state index contributed by atoms with van der Waals surface area (Å²) in [5.74, 6) is 2.09. The number of benzene rings is 2. The molecule has 4 nitrogen and oxygen atoms in total. The summed E-state index contributed by atoms with van der Waals surface area (Å²) in [6, 6.07) is 17.7. The average molecular weight is 366 g/mol. The Morgan fingerprint density at radius 3 is 2.46 bits per heavy atom. The molecule has 0 saturated carbocycles. The Kier molecular flexibility index (Phi) is 5.78. The quantitative estimate of drug-likeness (QED) is 0.618. The van der Waals surface area contributed by atoms with E-state index in [1.807, 2.05) is 51.1 Å². The van der Waals surface area contributed by atoms with Crippen molar-refractivity contribution in [2.45, 2.75) is 37.5 Å². The van der Waals surface area contributed by atoms with E-state index in [4.69, 9.17) is 4.42 Å². The number of thioether (sulfide) groups is 1. The molecule has 0 radical (unpaired) electrons. The van der Waals surface area contributed by atoms with Gasteiger partial charge in [0.05, 0.1) is 5.69 Å². The van der Waals surface area contributed by atoms with E-state index in [0.29, 0.717) is 11.5 Å². The molecule has 134 valence electrons. The molecule has 3 rings (SSSR count). The predicted octanol–water partition coefficient (Wildman–Crippen LogP) is 5.08. The van der Waals surface area contributed by atoms with Crippen LogP contribution in [0.3, 0.4) is 0 Å². The van der Waals surface area contributed by atoms with Gasteiger partial charge in [0.2, 0.25) is 5.89 Å². The van der Waals surface area contributed by atoms with E-state index in [0.717, 1.165) is 22.8 Å². The predicted molar refractivity (Wildman–Crippen MR) is 105 cm³/mol. The van der Waals surface area contributed by atoms with E-state index in [1.54, 1.807) is 23.9 Å². The number of hydrogen-bond acceptors (Lipinski definition) is 4. The van der Waals surface area contributed by atoms with Crippen molar-refractivity contribution in [1.82, 2.24) is 10.3 Å². The number of carbonyl (C=O) groups is 1. The molecule has 3 aromatic rings. The van der Waals surface area contributed by atoms with Gasteiger partial charge in [-0.15, -0.1) is 11.8 Å². The maximum atomic E-state index is 12.0. The molecule has 0 spiro atoms. The lowest BCUT2D eigenvalue weighted by Crippen LogP contribution is -2.29. The Labute approximate surface area is 158 Å². The molecule has 2 aromatic carbocycles. The van der Waals surface area contributed by atoms with Crippen LogP contribution in [0, 0.1) is 6.92 Å². The SMILES string of the molecule is Cc1oc(-c2ccc(C(=O)NC(C)C)cc2)nc1CSc1ccccc1. The van der Waals surface area contributed by atoms with Crippen LogP contribution in [0.5, 0.6) is 0 Å². The third kappa shape index (κ3) is 4.55. The van der Waals surface area contributed by atoms with Crippen LogP contribution < -0.4 is 5.32 Å². The van der Waals surface area contributed by atoms with Crippen molar-refractivity contribution in [3.8, 4) is 11.5 Å². The summed E-state index contributed by atoms with van der Waals surface area (Å²) in [7, 11) is 0. The first-order valence-electron chi connectivity index (χ1n) is 8.58. The van der Waals surface area contributed by atoms with Gasteiger partial charge in [-0.2, -0.15) is 0 Å². The third-order valence-corrected chi connectivity index (χ3v) is 4.85. The highest BCUT2D eigenvalue weighted by Gasteiger charge is 2.13. The Bertz CT molecular complexity index is 871. The lowest BCUT2D eigenvalue weighted by atomic mass is 10.1. The number of nitrogens with one attached hydrogen (secondary N) is 1. The van der Waals surface area contributed by atoms with Crippen LogP contribution in [0.1, 0.15) is 35.7 Å². The molecule has 0 aliphatic carbocycles. The number of rotatable bonds is 6. The standard InChI is InChI=1S/C21H22N2O2S/c1-14(2)22-20(24)16-9-11-17(12-10-16)21-23-19(15(3)25-21)13-26-18-7-5-4-6-8-18/h4-12,14H,13H2,1-3H3,(H,22,24). The summed E-state index contributed by atoms with van der Waals surface area (Å²) in [4.78, 5) is 17.9. The number of hydrogen-bond donors (Lipinski definition) is 1. The van der Waals surface area contributed by atoms with Crippen LogP contribution in [-0.4, -0.2) is 16.9 Å². The molecular weight excluding hydrogens is 344 g/mol. The van der Waals surface area contributed by atoms with E-state index in [-0.39, 0.29) is 11.9 Å².